The zero-order valence-electron chi connectivity index (χ0n) is 18.9. The molecule has 0 spiro atoms. The van der Waals surface area contributed by atoms with Gasteiger partial charge in [0.15, 0.2) is 6.10 Å². The minimum Gasteiger partial charge on any atom is -0.459 e. The second-order valence-electron chi connectivity index (χ2n) is 9.09. The summed E-state index contributed by atoms with van der Waals surface area (Å²) < 4.78 is 28.9. The Kier molecular flexibility index (Phi) is 5.53. The first-order valence-electron chi connectivity index (χ1n) is 10.7. The third-order valence-corrected chi connectivity index (χ3v) is 6.26. The van der Waals surface area contributed by atoms with Crippen molar-refractivity contribution < 1.29 is 37.7 Å². The molecular formula is C24H28O8. The van der Waals surface area contributed by atoms with Crippen molar-refractivity contribution in [1.29, 1.82) is 0 Å². The molecule has 8 nitrogen and oxygen atoms in total. The van der Waals surface area contributed by atoms with Crippen molar-refractivity contribution in [3.05, 3.63) is 47.0 Å². The lowest BCUT2D eigenvalue weighted by Gasteiger charge is -2.29. The van der Waals surface area contributed by atoms with Crippen LogP contribution in [0.5, 0.6) is 0 Å². The molecule has 0 N–H and O–H groups in total. The van der Waals surface area contributed by atoms with Crippen LogP contribution in [0.3, 0.4) is 0 Å². The van der Waals surface area contributed by atoms with Crippen LogP contribution in [0.15, 0.2) is 34.3 Å². The Morgan fingerprint density at radius 3 is 2.50 bits per heavy atom. The lowest BCUT2D eigenvalue weighted by molar-refractivity contribution is -0.154. The molecule has 0 radical (unpaired) electrons. The molecule has 1 aromatic rings. The summed E-state index contributed by atoms with van der Waals surface area (Å²) in [5.41, 5.74) is 1.20. The number of aryl methyl sites for hydroxylation is 1. The van der Waals surface area contributed by atoms with E-state index in [2.05, 4.69) is 6.58 Å². The third kappa shape index (κ3) is 4.11. The second-order valence-corrected chi connectivity index (χ2v) is 9.09. The molecule has 3 aliphatic rings. The Morgan fingerprint density at radius 1 is 1.19 bits per heavy atom. The standard InChI is InChI=1S/C24H28O8/c1-11(2)16-9-18(28-13(4)25)17-8-15(30-23(17)27)10-24(6)22(32-24)19-7-12(3)20(31-19)21(16)29-14(5)26/h7-8,15-16,18,21-22H,1,9-10H2,2-6H3/t15-,16+,18-,21+,22-,24+/m0/s1. The Morgan fingerprint density at radius 2 is 1.88 bits per heavy atom. The predicted molar refractivity (Wildman–Crippen MR) is 111 cm³/mol. The van der Waals surface area contributed by atoms with E-state index in [-0.39, 0.29) is 18.1 Å². The molecule has 4 heterocycles. The molecule has 1 saturated heterocycles. The Labute approximate surface area is 186 Å². The molecule has 1 aromatic heterocycles. The highest BCUT2D eigenvalue weighted by Crippen LogP contribution is 2.54. The molecular weight excluding hydrogens is 416 g/mol. The Hall–Kier alpha value is -2.87. The molecule has 172 valence electrons. The van der Waals surface area contributed by atoms with E-state index in [9.17, 15) is 14.4 Å². The van der Waals surface area contributed by atoms with Crippen LogP contribution in [0.2, 0.25) is 0 Å². The van der Waals surface area contributed by atoms with Crippen LogP contribution in [0.4, 0.5) is 0 Å². The van der Waals surface area contributed by atoms with Gasteiger partial charge in [0, 0.05) is 26.2 Å². The van der Waals surface area contributed by atoms with E-state index in [1.165, 1.54) is 13.8 Å². The zero-order chi connectivity index (χ0) is 23.4. The SMILES string of the molecule is C=C(C)[C@H]1C[C@H](OC(C)=O)C2=C[C@@H](C[C@@]3(C)O[C@H]3c3cc(C)c(o3)[C@@H]1OC(C)=O)OC2=O. The number of fused-ring (bicyclic) bond motifs is 5. The fourth-order valence-electron chi connectivity index (χ4n) is 4.68. The van der Waals surface area contributed by atoms with E-state index < -0.39 is 47.7 Å². The quantitative estimate of drug-likeness (QED) is 0.300. The first kappa shape index (κ1) is 22.3. The molecule has 8 heteroatoms. The minimum atomic E-state index is -0.885. The highest BCUT2D eigenvalue weighted by Gasteiger charge is 2.57. The summed E-state index contributed by atoms with van der Waals surface area (Å²) in [7, 11) is 0. The maximum atomic E-state index is 12.7. The van der Waals surface area contributed by atoms with Crippen LogP contribution >= 0.6 is 0 Å². The molecule has 0 saturated carbocycles. The predicted octanol–water partition coefficient (Wildman–Crippen LogP) is 3.79. The van der Waals surface area contributed by atoms with Crippen LogP contribution in [0.25, 0.3) is 0 Å². The van der Waals surface area contributed by atoms with E-state index in [0.717, 1.165) is 5.56 Å². The lowest BCUT2D eigenvalue weighted by Crippen LogP contribution is -2.29. The number of epoxide rings is 1. The van der Waals surface area contributed by atoms with E-state index >= 15 is 0 Å². The summed E-state index contributed by atoms with van der Waals surface area (Å²) in [6, 6.07) is 1.88. The number of furan rings is 1. The molecule has 4 bridgehead atoms. The van der Waals surface area contributed by atoms with Gasteiger partial charge in [0.1, 0.15) is 35.4 Å². The third-order valence-electron chi connectivity index (χ3n) is 6.26. The molecule has 6 atom stereocenters. The fraction of sp³-hybridized carbons (Fsp3) is 0.542. The van der Waals surface area contributed by atoms with Gasteiger partial charge in [0.05, 0.1) is 5.57 Å². The van der Waals surface area contributed by atoms with Crippen LogP contribution in [-0.4, -0.2) is 35.7 Å². The number of hydrogen-bond acceptors (Lipinski definition) is 8. The van der Waals surface area contributed by atoms with Gasteiger partial charge in [-0.3, -0.25) is 9.59 Å². The fourth-order valence-corrected chi connectivity index (χ4v) is 4.68. The van der Waals surface area contributed by atoms with Crippen molar-refractivity contribution in [3.63, 3.8) is 0 Å². The summed E-state index contributed by atoms with van der Waals surface area (Å²) in [6.45, 7) is 12.3. The number of hydrogen-bond donors (Lipinski definition) is 0. The molecule has 0 unspecified atom stereocenters. The number of esters is 3. The Balaban J connectivity index is 1.84. The maximum absolute atomic E-state index is 12.7. The highest BCUT2D eigenvalue weighted by atomic mass is 16.6. The van der Waals surface area contributed by atoms with Gasteiger partial charge >= 0.3 is 17.9 Å². The van der Waals surface area contributed by atoms with Crippen molar-refractivity contribution in [2.24, 2.45) is 5.92 Å². The van der Waals surface area contributed by atoms with Crippen molar-refractivity contribution >= 4 is 17.9 Å². The van der Waals surface area contributed by atoms with Gasteiger partial charge in [0.2, 0.25) is 0 Å². The van der Waals surface area contributed by atoms with E-state index in [4.69, 9.17) is 23.4 Å². The van der Waals surface area contributed by atoms with E-state index in [1.807, 2.05) is 19.9 Å². The zero-order valence-corrected chi connectivity index (χ0v) is 18.9. The number of rotatable bonds is 3. The van der Waals surface area contributed by atoms with Crippen molar-refractivity contribution in [2.75, 3.05) is 0 Å². The average Bonchev–Trinajstić information content (AvgIpc) is 2.98. The highest BCUT2D eigenvalue weighted by molar-refractivity contribution is 5.92. The largest absolute Gasteiger partial charge is 0.459 e. The van der Waals surface area contributed by atoms with Crippen LogP contribution in [-0.2, 0) is 33.3 Å². The van der Waals surface area contributed by atoms with E-state index in [0.29, 0.717) is 23.5 Å². The molecule has 4 rings (SSSR count). The lowest BCUT2D eigenvalue weighted by atomic mass is 9.85. The first-order chi connectivity index (χ1) is 15.0. The second kappa shape index (κ2) is 7.92. The summed E-state index contributed by atoms with van der Waals surface area (Å²) in [5, 5.41) is 0. The summed E-state index contributed by atoms with van der Waals surface area (Å²) >= 11 is 0. The van der Waals surface area contributed by atoms with Gasteiger partial charge in [-0.25, -0.2) is 4.79 Å². The first-order valence-corrected chi connectivity index (χ1v) is 10.7. The number of carbonyl (C=O) groups excluding carboxylic acids is 3. The van der Waals surface area contributed by atoms with Crippen LogP contribution in [0.1, 0.15) is 69.8 Å². The maximum Gasteiger partial charge on any atom is 0.338 e. The van der Waals surface area contributed by atoms with Gasteiger partial charge in [-0.2, -0.15) is 0 Å². The topological polar surface area (TPSA) is 105 Å². The van der Waals surface area contributed by atoms with Gasteiger partial charge in [-0.15, -0.1) is 0 Å². The molecule has 3 aliphatic heterocycles. The molecule has 1 fully saturated rings. The van der Waals surface area contributed by atoms with Gasteiger partial charge in [-0.1, -0.05) is 12.2 Å². The number of ether oxygens (including phenoxy) is 4. The van der Waals surface area contributed by atoms with Gasteiger partial charge in [-0.05, 0) is 44.9 Å². The monoisotopic (exact) mass is 444 g/mol. The van der Waals surface area contributed by atoms with Crippen molar-refractivity contribution in [3.8, 4) is 0 Å². The van der Waals surface area contributed by atoms with Crippen molar-refractivity contribution in [1.82, 2.24) is 0 Å². The molecule has 0 amide bonds. The molecule has 0 aromatic carbocycles. The van der Waals surface area contributed by atoms with E-state index in [1.54, 1.807) is 13.0 Å². The van der Waals surface area contributed by atoms with Gasteiger partial charge in [0.25, 0.3) is 0 Å². The summed E-state index contributed by atoms with van der Waals surface area (Å²) in [5.74, 6) is -0.919. The van der Waals surface area contributed by atoms with Crippen LogP contribution < -0.4 is 0 Å². The smallest absolute Gasteiger partial charge is 0.338 e. The summed E-state index contributed by atoms with van der Waals surface area (Å²) in [6.07, 6.45) is -0.196. The Bertz CT molecular complexity index is 1020. The van der Waals surface area contributed by atoms with Crippen LogP contribution in [0, 0.1) is 12.8 Å². The van der Waals surface area contributed by atoms with Crippen molar-refractivity contribution in [2.45, 2.75) is 77.5 Å². The van der Waals surface area contributed by atoms with Gasteiger partial charge < -0.3 is 23.4 Å². The molecule has 32 heavy (non-hydrogen) atoms. The minimum absolute atomic E-state index is 0.174. The molecule has 0 aliphatic carbocycles. The summed E-state index contributed by atoms with van der Waals surface area (Å²) in [4.78, 5) is 36.6. The average molecular weight is 444 g/mol. The number of carbonyl (C=O) groups is 3. The normalized spacial score (nSPS) is 33.5.